The zero-order valence-corrected chi connectivity index (χ0v) is 14.2. The Morgan fingerprint density at radius 3 is 2.36 bits per heavy atom. The lowest BCUT2D eigenvalue weighted by Gasteiger charge is -2.32. The van der Waals surface area contributed by atoms with E-state index in [0.717, 1.165) is 32.5 Å². The molecule has 1 aliphatic rings. The van der Waals surface area contributed by atoms with Crippen LogP contribution in [0.1, 0.15) is 42.0 Å². The van der Waals surface area contributed by atoms with Crippen molar-refractivity contribution >= 4 is 6.09 Å². The molecular formula is C18H28N2O2. The Bertz CT molecular complexity index is 497. The molecule has 4 nitrogen and oxygen atoms in total. The van der Waals surface area contributed by atoms with Gasteiger partial charge >= 0.3 is 6.09 Å². The van der Waals surface area contributed by atoms with Crippen molar-refractivity contribution in [3.05, 3.63) is 34.4 Å². The van der Waals surface area contributed by atoms with Crippen molar-refractivity contribution in [2.24, 2.45) is 0 Å². The lowest BCUT2D eigenvalue weighted by molar-refractivity contribution is 0.0950. The fraction of sp³-hybridized carbons (Fsp3) is 0.611. The van der Waals surface area contributed by atoms with Crippen LogP contribution in [0.3, 0.4) is 0 Å². The van der Waals surface area contributed by atoms with E-state index in [2.05, 4.69) is 38.2 Å². The monoisotopic (exact) mass is 304 g/mol. The standard InChI is InChI=1S/C18H28N2O2/c1-5-22-18(21)20-8-6-16(7-9-20)19-12-17-14(3)10-13(2)11-15(17)4/h10-11,16,19H,5-9,12H2,1-4H3. The van der Waals surface area contributed by atoms with Gasteiger partial charge in [0.15, 0.2) is 0 Å². The number of carbonyl (C=O) groups excluding carboxylic acids is 1. The van der Waals surface area contributed by atoms with Crippen molar-refractivity contribution in [3.63, 3.8) is 0 Å². The average Bonchev–Trinajstić information content (AvgIpc) is 2.47. The lowest BCUT2D eigenvalue weighted by atomic mass is 9.98. The first-order chi connectivity index (χ1) is 10.5. The summed E-state index contributed by atoms with van der Waals surface area (Å²) in [6.07, 6.45) is 1.80. The molecule has 22 heavy (non-hydrogen) atoms. The second-order valence-electron chi connectivity index (χ2n) is 6.22. The van der Waals surface area contributed by atoms with Gasteiger partial charge in [0, 0.05) is 25.7 Å². The Kier molecular flexibility index (Phi) is 5.83. The van der Waals surface area contributed by atoms with Gasteiger partial charge in [-0.25, -0.2) is 4.79 Å². The van der Waals surface area contributed by atoms with Crippen LogP contribution in [0.5, 0.6) is 0 Å². The third-order valence-electron chi connectivity index (χ3n) is 4.43. The van der Waals surface area contributed by atoms with Crippen LogP contribution in [0.15, 0.2) is 12.1 Å². The fourth-order valence-electron chi connectivity index (χ4n) is 3.22. The molecule has 1 fully saturated rings. The molecule has 1 heterocycles. The number of amides is 1. The van der Waals surface area contributed by atoms with Crippen LogP contribution >= 0.6 is 0 Å². The average molecular weight is 304 g/mol. The highest BCUT2D eigenvalue weighted by Gasteiger charge is 2.23. The molecule has 122 valence electrons. The minimum Gasteiger partial charge on any atom is -0.450 e. The van der Waals surface area contributed by atoms with Gasteiger partial charge in [0.1, 0.15) is 0 Å². The van der Waals surface area contributed by atoms with Crippen molar-refractivity contribution in [1.82, 2.24) is 10.2 Å². The molecule has 1 saturated heterocycles. The molecule has 0 unspecified atom stereocenters. The summed E-state index contributed by atoms with van der Waals surface area (Å²) < 4.78 is 5.06. The molecule has 1 aromatic rings. The van der Waals surface area contributed by atoms with E-state index in [4.69, 9.17) is 4.74 Å². The molecule has 0 spiro atoms. The number of nitrogens with one attached hydrogen (secondary N) is 1. The van der Waals surface area contributed by atoms with Gasteiger partial charge in [0.05, 0.1) is 6.61 Å². The molecule has 1 aromatic carbocycles. The first-order valence-corrected chi connectivity index (χ1v) is 8.23. The van der Waals surface area contributed by atoms with E-state index in [1.54, 1.807) is 0 Å². The Labute approximate surface area is 133 Å². The summed E-state index contributed by atoms with van der Waals surface area (Å²) in [6, 6.07) is 4.96. The number of carbonyl (C=O) groups is 1. The zero-order chi connectivity index (χ0) is 16.1. The van der Waals surface area contributed by atoms with Crippen molar-refractivity contribution in [2.75, 3.05) is 19.7 Å². The Morgan fingerprint density at radius 2 is 1.82 bits per heavy atom. The quantitative estimate of drug-likeness (QED) is 0.928. The second-order valence-corrected chi connectivity index (χ2v) is 6.22. The minimum atomic E-state index is -0.175. The van der Waals surface area contributed by atoms with Crippen LogP contribution in [0, 0.1) is 20.8 Å². The van der Waals surface area contributed by atoms with Gasteiger partial charge in [-0.05, 0) is 57.2 Å². The smallest absolute Gasteiger partial charge is 0.409 e. The van der Waals surface area contributed by atoms with Crippen molar-refractivity contribution in [2.45, 2.75) is 53.1 Å². The number of likely N-dealkylation sites (tertiary alicyclic amines) is 1. The number of hydrogen-bond acceptors (Lipinski definition) is 3. The first kappa shape index (κ1) is 16.8. The topological polar surface area (TPSA) is 41.6 Å². The highest BCUT2D eigenvalue weighted by Crippen LogP contribution is 2.18. The second kappa shape index (κ2) is 7.63. The van der Waals surface area contributed by atoms with E-state index in [0.29, 0.717) is 12.6 Å². The van der Waals surface area contributed by atoms with E-state index < -0.39 is 0 Å². The summed E-state index contributed by atoms with van der Waals surface area (Å²) in [7, 11) is 0. The van der Waals surface area contributed by atoms with Crippen molar-refractivity contribution < 1.29 is 9.53 Å². The maximum Gasteiger partial charge on any atom is 0.409 e. The Morgan fingerprint density at radius 1 is 1.23 bits per heavy atom. The van der Waals surface area contributed by atoms with Gasteiger partial charge in [0.2, 0.25) is 0 Å². The third kappa shape index (κ3) is 4.23. The molecule has 1 amide bonds. The van der Waals surface area contributed by atoms with Gasteiger partial charge < -0.3 is 15.0 Å². The van der Waals surface area contributed by atoms with Crippen molar-refractivity contribution in [3.8, 4) is 0 Å². The van der Waals surface area contributed by atoms with Crippen LogP contribution in [0.25, 0.3) is 0 Å². The molecule has 4 heteroatoms. The summed E-state index contributed by atoms with van der Waals surface area (Å²) in [5, 5.41) is 3.65. The van der Waals surface area contributed by atoms with Gasteiger partial charge in [0.25, 0.3) is 0 Å². The maximum absolute atomic E-state index is 11.7. The predicted octanol–water partition coefficient (Wildman–Crippen LogP) is 3.32. The molecule has 0 aliphatic carbocycles. The summed E-state index contributed by atoms with van der Waals surface area (Å²) in [5.74, 6) is 0. The number of benzene rings is 1. The minimum absolute atomic E-state index is 0.175. The van der Waals surface area contributed by atoms with Crippen LogP contribution in [-0.2, 0) is 11.3 Å². The largest absolute Gasteiger partial charge is 0.450 e. The Hall–Kier alpha value is -1.55. The fourth-order valence-corrected chi connectivity index (χ4v) is 3.22. The molecule has 2 rings (SSSR count). The molecule has 0 saturated carbocycles. The lowest BCUT2D eigenvalue weighted by Crippen LogP contribution is -2.45. The molecule has 0 atom stereocenters. The predicted molar refractivity (Wildman–Crippen MR) is 89.1 cm³/mol. The maximum atomic E-state index is 11.7. The molecule has 1 N–H and O–H groups in total. The highest BCUT2D eigenvalue weighted by molar-refractivity contribution is 5.67. The normalized spacial score (nSPS) is 15.9. The molecule has 0 aromatic heterocycles. The van der Waals surface area contributed by atoms with E-state index in [1.165, 1.54) is 22.3 Å². The number of rotatable bonds is 4. The van der Waals surface area contributed by atoms with E-state index >= 15 is 0 Å². The summed E-state index contributed by atoms with van der Waals surface area (Å²) >= 11 is 0. The third-order valence-corrected chi connectivity index (χ3v) is 4.43. The SMILES string of the molecule is CCOC(=O)N1CCC(NCc2c(C)cc(C)cc2C)CC1. The number of aryl methyl sites for hydroxylation is 3. The zero-order valence-electron chi connectivity index (χ0n) is 14.2. The molecule has 0 bridgehead atoms. The van der Waals surface area contributed by atoms with Crippen molar-refractivity contribution in [1.29, 1.82) is 0 Å². The first-order valence-electron chi connectivity index (χ1n) is 8.23. The van der Waals surface area contributed by atoms with Gasteiger partial charge in [-0.2, -0.15) is 0 Å². The summed E-state index contributed by atoms with van der Waals surface area (Å²) in [6.45, 7) is 11.3. The van der Waals surface area contributed by atoms with Gasteiger partial charge in [-0.15, -0.1) is 0 Å². The van der Waals surface area contributed by atoms with E-state index in [-0.39, 0.29) is 6.09 Å². The van der Waals surface area contributed by atoms with E-state index in [1.807, 2.05) is 11.8 Å². The molecule has 1 aliphatic heterocycles. The summed E-state index contributed by atoms with van der Waals surface area (Å²) in [5.41, 5.74) is 5.43. The van der Waals surface area contributed by atoms with Crippen LogP contribution < -0.4 is 5.32 Å². The molecular weight excluding hydrogens is 276 g/mol. The van der Waals surface area contributed by atoms with Crippen LogP contribution in [0.4, 0.5) is 4.79 Å². The van der Waals surface area contributed by atoms with Gasteiger partial charge in [-0.1, -0.05) is 17.7 Å². The number of ether oxygens (including phenoxy) is 1. The summed E-state index contributed by atoms with van der Waals surface area (Å²) in [4.78, 5) is 13.5. The molecule has 0 radical (unpaired) electrons. The number of hydrogen-bond donors (Lipinski definition) is 1. The Balaban J connectivity index is 1.84. The number of nitrogens with zero attached hydrogens (tertiary/aromatic N) is 1. The van der Waals surface area contributed by atoms with Crippen LogP contribution in [-0.4, -0.2) is 36.7 Å². The van der Waals surface area contributed by atoms with Crippen LogP contribution in [0.2, 0.25) is 0 Å². The van der Waals surface area contributed by atoms with E-state index in [9.17, 15) is 4.79 Å². The highest BCUT2D eigenvalue weighted by atomic mass is 16.6. The number of piperidine rings is 1. The van der Waals surface area contributed by atoms with Gasteiger partial charge in [-0.3, -0.25) is 0 Å².